The molecule has 1 aromatic heterocycles. The molecule has 0 atom stereocenters. The smallest absolute Gasteiger partial charge is 0.305 e. The number of benzene rings is 1. The Morgan fingerprint density at radius 3 is 2.76 bits per heavy atom. The molecule has 1 aromatic carbocycles. The van der Waals surface area contributed by atoms with Crippen LogP contribution in [-0.4, -0.2) is 47.6 Å². The fourth-order valence-electron chi connectivity index (χ4n) is 2.23. The van der Waals surface area contributed by atoms with Gasteiger partial charge in [-0.05, 0) is 25.5 Å². The van der Waals surface area contributed by atoms with Crippen molar-refractivity contribution in [3.8, 4) is 22.8 Å². The minimum Gasteiger partial charge on any atom is -0.493 e. The summed E-state index contributed by atoms with van der Waals surface area (Å²) < 4.78 is 16.0. The Hall–Kier alpha value is -3.10. The van der Waals surface area contributed by atoms with E-state index in [-0.39, 0.29) is 30.4 Å². The van der Waals surface area contributed by atoms with E-state index in [0.717, 1.165) is 0 Å². The first-order valence-electron chi connectivity index (χ1n) is 7.74. The van der Waals surface area contributed by atoms with Gasteiger partial charge in [-0.15, -0.1) is 0 Å². The Morgan fingerprint density at radius 2 is 2.08 bits per heavy atom. The minimum absolute atomic E-state index is 0.00428. The van der Waals surface area contributed by atoms with E-state index in [4.69, 9.17) is 19.9 Å². The number of hydrogen-bond donors (Lipinski definition) is 2. The van der Waals surface area contributed by atoms with Gasteiger partial charge in [-0.1, -0.05) is 6.07 Å². The zero-order chi connectivity index (χ0) is 18.2. The highest BCUT2D eigenvalue weighted by Gasteiger charge is 2.21. The van der Waals surface area contributed by atoms with Crippen molar-refractivity contribution in [2.75, 3.05) is 20.3 Å². The lowest BCUT2D eigenvalue weighted by Gasteiger charge is -2.14. The van der Waals surface area contributed by atoms with Crippen molar-refractivity contribution >= 4 is 11.9 Å². The molecule has 9 nitrogen and oxygen atoms in total. The van der Waals surface area contributed by atoms with Gasteiger partial charge in [-0.25, -0.2) is 0 Å². The highest BCUT2D eigenvalue weighted by molar-refractivity contribution is 5.97. The van der Waals surface area contributed by atoms with Crippen LogP contribution in [0.15, 0.2) is 18.2 Å². The predicted molar refractivity (Wildman–Crippen MR) is 88.3 cm³/mol. The number of nitrogens with two attached hydrogens (primary N) is 1. The molecule has 0 aliphatic carbocycles. The van der Waals surface area contributed by atoms with Gasteiger partial charge in [0.05, 0.1) is 25.9 Å². The number of carbonyl (C=O) groups excluding carboxylic acids is 2. The van der Waals surface area contributed by atoms with E-state index >= 15 is 0 Å². The van der Waals surface area contributed by atoms with Gasteiger partial charge >= 0.3 is 5.97 Å². The summed E-state index contributed by atoms with van der Waals surface area (Å²) >= 11 is 0. The number of primary amides is 1. The number of hydrogen-bond acceptors (Lipinski definition) is 7. The van der Waals surface area contributed by atoms with Gasteiger partial charge in [0.15, 0.2) is 17.2 Å². The monoisotopic (exact) mass is 348 g/mol. The summed E-state index contributed by atoms with van der Waals surface area (Å²) in [5.41, 5.74) is 6.10. The number of H-pyrrole nitrogens is 1. The Labute approximate surface area is 144 Å². The summed E-state index contributed by atoms with van der Waals surface area (Å²) in [5, 5.41) is 10.1. The molecule has 2 rings (SSSR count). The average molecular weight is 348 g/mol. The second-order valence-corrected chi connectivity index (χ2v) is 4.98. The third-order valence-corrected chi connectivity index (χ3v) is 3.31. The number of esters is 1. The van der Waals surface area contributed by atoms with Gasteiger partial charge in [0.25, 0.3) is 5.91 Å². The van der Waals surface area contributed by atoms with E-state index in [1.165, 1.54) is 7.11 Å². The lowest BCUT2D eigenvalue weighted by Crippen LogP contribution is -2.13. The Balaban J connectivity index is 2.20. The van der Waals surface area contributed by atoms with Gasteiger partial charge in [0.2, 0.25) is 0 Å². The lowest BCUT2D eigenvalue weighted by molar-refractivity contribution is -0.143. The van der Waals surface area contributed by atoms with Crippen molar-refractivity contribution in [1.82, 2.24) is 15.4 Å². The molecule has 2 aromatic rings. The van der Waals surface area contributed by atoms with Crippen molar-refractivity contribution < 1.29 is 23.8 Å². The summed E-state index contributed by atoms with van der Waals surface area (Å²) in [6.45, 7) is 2.36. The van der Waals surface area contributed by atoms with E-state index in [1.54, 1.807) is 25.1 Å². The molecule has 0 saturated heterocycles. The van der Waals surface area contributed by atoms with E-state index < -0.39 is 5.91 Å². The first-order valence-corrected chi connectivity index (χ1v) is 7.74. The van der Waals surface area contributed by atoms with E-state index in [0.29, 0.717) is 30.1 Å². The molecule has 0 aliphatic rings. The van der Waals surface area contributed by atoms with Crippen LogP contribution in [0.25, 0.3) is 11.3 Å². The van der Waals surface area contributed by atoms with E-state index in [9.17, 15) is 9.59 Å². The molecular weight excluding hydrogens is 328 g/mol. The number of nitrogens with one attached hydrogen (secondary N) is 1. The molecule has 3 N–H and O–H groups in total. The lowest BCUT2D eigenvalue weighted by atomic mass is 10.1. The summed E-state index contributed by atoms with van der Waals surface area (Å²) in [7, 11) is 1.50. The second kappa shape index (κ2) is 8.67. The van der Waals surface area contributed by atoms with Crippen molar-refractivity contribution in [2.24, 2.45) is 5.73 Å². The van der Waals surface area contributed by atoms with Crippen LogP contribution < -0.4 is 15.2 Å². The van der Waals surface area contributed by atoms with Crippen molar-refractivity contribution in [1.29, 1.82) is 0 Å². The van der Waals surface area contributed by atoms with Gasteiger partial charge in [0.1, 0.15) is 5.69 Å². The summed E-state index contributed by atoms with van der Waals surface area (Å²) in [6, 6.07) is 5.17. The van der Waals surface area contributed by atoms with Crippen LogP contribution in [-0.2, 0) is 9.53 Å². The Kier molecular flexibility index (Phi) is 6.33. The molecular formula is C16H20N4O5. The van der Waals surface area contributed by atoms with Gasteiger partial charge in [-0.2, -0.15) is 15.4 Å². The largest absolute Gasteiger partial charge is 0.493 e. The third-order valence-electron chi connectivity index (χ3n) is 3.31. The quantitative estimate of drug-likeness (QED) is 0.516. The maximum absolute atomic E-state index is 11.5. The third kappa shape index (κ3) is 4.46. The van der Waals surface area contributed by atoms with Crippen molar-refractivity contribution in [3.63, 3.8) is 0 Å². The number of rotatable bonds is 9. The van der Waals surface area contributed by atoms with Crippen LogP contribution in [0.1, 0.15) is 30.3 Å². The highest BCUT2D eigenvalue weighted by atomic mass is 16.5. The van der Waals surface area contributed by atoms with Gasteiger partial charge in [0, 0.05) is 6.42 Å². The molecule has 0 aliphatic heterocycles. The minimum atomic E-state index is -0.708. The Bertz CT molecular complexity index is 744. The molecule has 0 fully saturated rings. The number of para-hydroxylation sites is 1. The van der Waals surface area contributed by atoms with Crippen molar-refractivity contribution in [3.05, 3.63) is 23.9 Å². The fourth-order valence-corrected chi connectivity index (χ4v) is 2.23. The highest BCUT2D eigenvalue weighted by Crippen LogP contribution is 2.38. The van der Waals surface area contributed by atoms with Crippen molar-refractivity contribution in [2.45, 2.75) is 19.8 Å². The van der Waals surface area contributed by atoms with E-state index in [1.807, 2.05) is 0 Å². The molecule has 1 heterocycles. The summed E-state index contributed by atoms with van der Waals surface area (Å²) in [5.74, 6) is -0.129. The number of ether oxygens (including phenoxy) is 3. The molecule has 25 heavy (non-hydrogen) atoms. The maximum atomic E-state index is 11.5. The average Bonchev–Trinajstić information content (AvgIpc) is 3.08. The van der Waals surface area contributed by atoms with Crippen LogP contribution in [0.3, 0.4) is 0 Å². The first-order chi connectivity index (χ1) is 12.1. The number of nitrogens with zero attached hydrogens (tertiary/aromatic N) is 2. The topological polar surface area (TPSA) is 129 Å². The van der Waals surface area contributed by atoms with Crippen LogP contribution in [0.5, 0.6) is 11.5 Å². The van der Waals surface area contributed by atoms with Crippen LogP contribution in [0.4, 0.5) is 0 Å². The maximum Gasteiger partial charge on any atom is 0.305 e. The molecule has 0 bridgehead atoms. The normalized spacial score (nSPS) is 10.3. The molecule has 9 heteroatoms. The molecule has 0 unspecified atom stereocenters. The molecule has 134 valence electrons. The molecule has 1 amide bonds. The first kappa shape index (κ1) is 18.2. The zero-order valence-corrected chi connectivity index (χ0v) is 14.1. The zero-order valence-electron chi connectivity index (χ0n) is 14.1. The SMILES string of the molecule is CCOC(=O)CCCOc1c(OC)cccc1-c1n[nH]nc1C(N)=O. The molecule has 0 saturated carbocycles. The standard InChI is InChI=1S/C16H20N4O5/c1-3-24-12(21)8-5-9-25-15-10(6-4-7-11(15)23-2)13-14(16(17)22)19-20-18-13/h4,6-7H,3,5,8-9H2,1-2H3,(H2,17,22)(H,18,19,20). The van der Waals surface area contributed by atoms with Crippen LogP contribution >= 0.6 is 0 Å². The number of carbonyl (C=O) groups is 2. The van der Waals surface area contributed by atoms with Gasteiger partial charge in [-0.3, -0.25) is 9.59 Å². The van der Waals surface area contributed by atoms with Crippen LogP contribution in [0.2, 0.25) is 0 Å². The molecule has 0 spiro atoms. The second-order valence-electron chi connectivity index (χ2n) is 4.98. The molecule has 0 radical (unpaired) electrons. The predicted octanol–water partition coefficient (Wildman–Crippen LogP) is 1.30. The number of aromatic amines is 1. The van der Waals surface area contributed by atoms with Crippen LogP contribution in [0, 0.1) is 0 Å². The summed E-state index contributed by atoms with van der Waals surface area (Å²) in [6.07, 6.45) is 0.715. The Morgan fingerprint density at radius 1 is 1.28 bits per heavy atom. The fraction of sp³-hybridized carbons (Fsp3) is 0.375. The van der Waals surface area contributed by atoms with E-state index in [2.05, 4.69) is 15.4 Å². The summed E-state index contributed by atoms with van der Waals surface area (Å²) in [4.78, 5) is 22.9. The number of aromatic nitrogens is 3. The number of amides is 1. The number of methoxy groups -OCH3 is 1. The van der Waals surface area contributed by atoms with Gasteiger partial charge < -0.3 is 19.9 Å².